The minimum atomic E-state index is -0.171. The number of fused-ring (bicyclic) bond motifs is 2. The summed E-state index contributed by atoms with van der Waals surface area (Å²) in [7, 11) is 0. The summed E-state index contributed by atoms with van der Waals surface area (Å²) in [5.41, 5.74) is 6.25. The van der Waals surface area contributed by atoms with Crippen molar-refractivity contribution in [2.75, 3.05) is 0 Å². The van der Waals surface area contributed by atoms with Gasteiger partial charge in [0.15, 0.2) is 0 Å². The van der Waals surface area contributed by atoms with Crippen molar-refractivity contribution in [1.82, 2.24) is 25.4 Å². The zero-order chi connectivity index (χ0) is 17.1. The Balaban J connectivity index is 1.36. The Kier molecular flexibility index (Phi) is 3.96. The first-order valence-electron chi connectivity index (χ1n) is 7.97. The standard InChI is InChI=1S/C18H16N6O/c25-18(9-10-24-17-8-4-3-7-16(17)21-23-24)22-20-12-13-11-19-15-6-2-1-5-14(13)15/h1-8,11-12,19H,9-10H2,(H,22,25)/b20-12+. The summed E-state index contributed by atoms with van der Waals surface area (Å²) in [5.74, 6) is -0.171. The number of carbonyl (C=O) groups is 1. The molecule has 0 spiro atoms. The van der Waals surface area contributed by atoms with E-state index in [0.717, 1.165) is 27.5 Å². The molecule has 7 heteroatoms. The molecule has 2 aromatic heterocycles. The van der Waals surface area contributed by atoms with Crippen molar-refractivity contribution < 1.29 is 4.79 Å². The highest BCUT2D eigenvalue weighted by Gasteiger charge is 2.06. The monoisotopic (exact) mass is 332 g/mol. The highest BCUT2D eigenvalue weighted by molar-refractivity contribution is 5.99. The second-order valence-corrected chi connectivity index (χ2v) is 5.63. The number of aryl methyl sites for hydroxylation is 1. The van der Waals surface area contributed by atoms with Crippen LogP contribution >= 0.6 is 0 Å². The number of hydrogen-bond donors (Lipinski definition) is 2. The molecule has 0 saturated heterocycles. The van der Waals surface area contributed by atoms with Crippen molar-refractivity contribution in [3.63, 3.8) is 0 Å². The lowest BCUT2D eigenvalue weighted by Crippen LogP contribution is -2.19. The first-order chi connectivity index (χ1) is 12.3. The number of para-hydroxylation sites is 2. The molecule has 0 unspecified atom stereocenters. The molecule has 25 heavy (non-hydrogen) atoms. The largest absolute Gasteiger partial charge is 0.361 e. The summed E-state index contributed by atoms with van der Waals surface area (Å²) in [5, 5.41) is 13.2. The molecule has 2 aromatic carbocycles. The first-order valence-corrected chi connectivity index (χ1v) is 7.97. The fraction of sp³-hybridized carbons (Fsp3) is 0.111. The zero-order valence-corrected chi connectivity index (χ0v) is 13.4. The van der Waals surface area contributed by atoms with E-state index in [2.05, 4.69) is 25.8 Å². The van der Waals surface area contributed by atoms with Crippen molar-refractivity contribution in [2.24, 2.45) is 5.10 Å². The number of nitrogens with zero attached hydrogens (tertiary/aromatic N) is 4. The van der Waals surface area contributed by atoms with Gasteiger partial charge in [0.1, 0.15) is 5.52 Å². The molecule has 0 fully saturated rings. The topological polar surface area (TPSA) is 88.0 Å². The Morgan fingerprint density at radius 2 is 2.04 bits per heavy atom. The SMILES string of the molecule is O=C(CCn1nnc2ccccc21)N/N=C/c1c[nH]c2ccccc12. The summed E-state index contributed by atoms with van der Waals surface area (Å²) in [6, 6.07) is 15.6. The number of aromatic nitrogens is 4. The van der Waals surface area contributed by atoms with Crippen LogP contribution in [0.15, 0.2) is 59.8 Å². The van der Waals surface area contributed by atoms with Gasteiger partial charge < -0.3 is 4.98 Å². The molecule has 0 saturated carbocycles. The zero-order valence-electron chi connectivity index (χ0n) is 13.4. The Morgan fingerprint density at radius 1 is 1.20 bits per heavy atom. The normalized spacial score (nSPS) is 11.5. The van der Waals surface area contributed by atoms with Gasteiger partial charge in [-0.2, -0.15) is 5.10 Å². The van der Waals surface area contributed by atoms with Gasteiger partial charge in [-0.25, -0.2) is 10.1 Å². The van der Waals surface area contributed by atoms with Crippen LogP contribution in [0.1, 0.15) is 12.0 Å². The molecule has 0 bridgehead atoms. The molecule has 0 aliphatic carbocycles. The minimum Gasteiger partial charge on any atom is -0.361 e. The van der Waals surface area contributed by atoms with Crippen LogP contribution < -0.4 is 5.43 Å². The lowest BCUT2D eigenvalue weighted by atomic mass is 10.2. The second-order valence-electron chi connectivity index (χ2n) is 5.63. The van der Waals surface area contributed by atoms with Gasteiger partial charge in [0.05, 0.1) is 18.3 Å². The predicted octanol–water partition coefficient (Wildman–Crippen LogP) is 2.45. The van der Waals surface area contributed by atoms with Crippen molar-refractivity contribution in [3.05, 3.63) is 60.3 Å². The molecule has 0 radical (unpaired) electrons. The summed E-state index contributed by atoms with van der Waals surface area (Å²) in [6.45, 7) is 0.453. The first kappa shape index (κ1) is 15.1. The maximum absolute atomic E-state index is 12.0. The molecule has 124 valence electrons. The predicted molar refractivity (Wildman–Crippen MR) is 96.2 cm³/mol. The van der Waals surface area contributed by atoms with Gasteiger partial charge in [0.25, 0.3) is 0 Å². The molecule has 7 nitrogen and oxygen atoms in total. The van der Waals surface area contributed by atoms with Crippen LogP contribution in [0, 0.1) is 0 Å². The van der Waals surface area contributed by atoms with Crippen molar-refractivity contribution in [1.29, 1.82) is 0 Å². The highest BCUT2D eigenvalue weighted by atomic mass is 16.2. The lowest BCUT2D eigenvalue weighted by molar-refractivity contribution is -0.121. The number of amides is 1. The summed E-state index contributed by atoms with van der Waals surface area (Å²) >= 11 is 0. The molecule has 2 heterocycles. The molecule has 4 rings (SSSR count). The number of hydrogen-bond acceptors (Lipinski definition) is 4. The van der Waals surface area contributed by atoms with Gasteiger partial charge in [-0.05, 0) is 18.2 Å². The van der Waals surface area contributed by atoms with Crippen LogP contribution in [0.2, 0.25) is 0 Å². The van der Waals surface area contributed by atoms with Crippen LogP contribution in [0.25, 0.3) is 21.9 Å². The smallest absolute Gasteiger partial charge is 0.241 e. The van der Waals surface area contributed by atoms with Gasteiger partial charge in [-0.3, -0.25) is 4.79 Å². The van der Waals surface area contributed by atoms with Crippen molar-refractivity contribution in [3.8, 4) is 0 Å². The number of carbonyl (C=O) groups excluding carboxylic acids is 1. The number of H-pyrrole nitrogens is 1. The average molecular weight is 332 g/mol. The Bertz CT molecular complexity index is 1060. The van der Waals surface area contributed by atoms with Crippen LogP contribution in [0.4, 0.5) is 0 Å². The fourth-order valence-corrected chi connectivity index (χ4v) is 2.72. The summed E-state index contributed by atoms with van der Waals surface area (Å²) in [6.07, 6.45) is 3.78. The van der Waals surface area contributed by atoms with Crippen LogP contribution in [-0.2, 0) is 11.3 Å². The third kappa shape index (κ3) is 3.12. The quantitative estimate of drug-likeness (QED) is 0.435. The maximum atomic E-state index is 12.0. The van der Waals surface area contributed by atoms with E-state index in [-0.39, 0.29) is 12.3 Å². The number of hydrazone groups is 1. The van der Waals surface area contributed by atoms with E-state index in [1.807, 2.05) is 54.7 Å². The van der Waals surface area contributed by atoms with E-state index in [4.69, 9.17) is 0 Å². The number of benzene rings is 2. The van der Waals surface area contributed by atoms with Crippen LogP contribution in [0.3, 0.4) is 0 Å². The Hall–Kier alpha value is -3.48. The fourth-order valence-electron chi connectivity index (χ4n) is 2.72. The number of rotatable bonds is 5. The van der Waals surface area contributed by atoms with E-state index < -0.39 is 0 Å². The van der Waals surface area contributed by atoms with Gasteiger partial charge in [0.2, 0.25) is 5.91 Å². The van der Waals surface area contributed by atoms with Crippen LogP contribution in [-0.4, -0.2) is 32.1 Å². The molecule has 4 aromatic rings. The second kappa shape index (κ2) is 6.56. The van der Waals surface area contributed by atoms with E-state index in [0.29, 0.717) is 6.54 Å². The van der Waals surface area contributed by atoms with Gasteiger partial charge >= 0.3 is 0 Å². The van der Waals surface area contributed by atoms with Gasteiger partial charge in [-0.1, -0.05) is 35.5 Å². The number of nitrogens with one attached hydrogen (secondary N) is 2. The van der Waals surface area contributed by atoms with Crippen molar-refractivity contribution >= 4 is 34.1 Å². The maximum Gasteiger partial charge on any atom is 0.241 e. The van der Waals surface area contributed by atoms with Gasteiger partial charge in [0, 0.05) is 29.1 Å². The highest BCUT2D eigenvalue weighted by Crippen LogP contribution is 2.15. The van der Waals surface area contributed by atoms with Gasteiger partial charge in [-0.15, -0.1) is 5.10 Å². The van der Waals surface area contributed by atoms with E-state index in [1.165, 1.54) is 0 Å². The molecule has 0 aliphatic heterocycles. The molecule has 0 atom stereocenters. The Morgan fingerprint density at radius 3 is 3.00 bits per heavy atom. The van der Waals surface area contributed by atoms with E-state index in [1.54, 1.807) is 10.9 Å². The minimum absolute atomic E-state index is 0.171. The third-order valence-electron chi connectivity index (χ3n) is 3.99. The molecule has 2 N–H and O–H groups in total. The van der Waals surface area contributed by atoms with E-state index in [9.17, 15) is 4.79 Å². The number of aromatic amines is 1. The third-order valence-corrected chi connectivity index (χ3v) is 3.99. The molecular weight excluding hydrogens is 316 g/mol. The van der Waals surface area contributed by atoms with Crippen LogP contribution in [0.5, 0.6) is 0 Å². The molecule has 1 amide bonds. The summed E-state index contributed by atoms with van der Waals surface area (Å²) < 4.78 is 1.72. The van der Waals surface area contributed by atoms with Crippen molar-refractivity contribution in [2.45, 2.75) is 13.0 Å². The summed E-state index contributed by atoms with van der Waals surface area (Å²) in [4.78, 5) is 15.1. The Labute approximate surface area is 143 Å². The molecule has 0 aliphatic rings. The average Bonchev–Trinajstić information content (AvgIpc) is 3.24. The lowest BCUT2D eigenvalue weighted by Gasteiger charge is -2.01. The molecular formula is C18H16N6O. The van der Waals surface area contributed by atoms with E-state index >= 15 is 0 Å².